The van der Waals surface area contributed by atoms with Crippen LogP contribution in [0.3, 0.4) is 0 Å². The number of benzene rings is 1. The minimum absolute atomic E-state index is 0.124. The van der Waals surface area contributed by atoms with Gasteiger partial charge in [0.25, 0.3) is 0 Å². The molecule has 0 unspecified atom stereocenters. The van der Waals surface area contributed by atoms with Crippen LogP contribution in [-0.2, 0) is 10.3 Å². The Morgan fingerprint density at radius 2 is 2.21 bits per heavy atom. The molecule has 1 aromatic carbocycles. The van der Waals surface area contributed by atoms with Gasteiger partial charge in [-0.05, 0) is 46.5 Å². The molecule has 1 aromatic rings. The van der Waals surface area contributed by atoms with Gasteiger partial charge in [-0.25, -0.2) is 5.90 Å². The van der Waals surface area contributed by atoms with Crippen LogP contribution in [0.1, 0.15) is 18.4 Å². The SMILES string of the molecule is NOCC1(c2ccc(Br)c(Cl)c2)CC1. The van der Waals surface area contributed by atoms with E-state index in [-0.39, 0.29) is 5.41 Å². The first-order valence-corrected chi connectivity index (χ1v) is 5.62. The van der Waals surface area contributed by atoms with Crippen molar-refractivity contribution in [3.8, 4) is 0 Å². The molecule has 14 heavy (non-hydrogen) atoms. The van der Waals surface area contributed by atoms with Crippen LogP contribution in [-0.4, -0.2) is 6.61 Å². The fraction of sp³-hybridized carbons (Fsp3) is 0.400. The number of rotatable bonds is 3. The number of nitrogens with two attached hydrogens (primary N) is 1. The lowest BCUT2D eigenvalue weighted by Gasteiger charge is -2.14. The Morgan fingerprint density at radius 1 is 1.50 bits per heavy atom. The van der Waals surface area contributed by atoms with E-state index in [1.165, 1.54) is 5.56 Å². The first kappa shape index (κ1) is 10.4. The largest absolute Gasteiger partial charge is 0.304 e. The lowest BCUT2D eigenvalue weighted by molar-refractivity contribution is 0.116. The van der Waals surface area contributed by atoms with Gasteiger partial charge in [0.1, 0.15) is 0 Å². The van der Waals surface area contributed by atoms with Crippen molar-refractivity contribution < 1.29 is 4.84 Å². The Bertz CT molecular complexity index is 352. The third-order valence-electron chi connectivity index (χ3n) is 2.75. The van der Waals surface area contributed by atoms with Crippen molar-refractivity contribution in [1.29, 1.82) is 0 Å². The average molecular weight is 277 g/mol. The lowest BCUT2D eigenvalue weighted by atomic mass is 9.97. The zero-order valence-corrected chi connectivity index (χ0v) is 9.94. The van der Waals surface area contributed by atoms with Crippen LogP contribution in [0.25, 0.3) is 0 Å². The van der Waals surface area contributed by atoms with Crippen molar-refractivity contribution >= 4 is 27.5 Å². The second-order valence-corrected chi connectivity index (χ2v) is 4.98. The third-order valence-corrected chi connectivity index (χ3v) is 3.98. The topological polar surface area (TPSA) is 35.2 Å². The van der Waals surface area contributed by atoms with Crippen molar-refractivity contribution in [2.75, 3.05) is 6.61 Å². The van der Waals surface area contributed by atoms with E-state index < -0.39 is 0 Å². The molecular formula is C10H11BrClNO. The van der Waals surface area contributed by atoms with Gasteiger partial charge in [0.2, 0.25) is 0 Å². The second-order valence-electron chi connectivity index (χ2n) is 3.72. The summed E-state index contributed by atoms with van der Waals surface area (Å²) in [5.74, 6) is 5.12. The molecule has 0 atom stereocenters. The summed E-state index contributed by atoms with van der Waals surface area (Å²) in [5, 5.41) is 0.741. The lowest BCUT2D eigenvalue weighted by Crippen LogP contribution is -2.17. The van der Waals surface area contributed by atoms with Crippen molar-refractivity contribution in [2.45, 2.75) is 18.3 Å². The molecule has 1 aliphatic carbocycles. The van der Waals surface area contributed by atoms with E-state index in [4.69, 9.17) is 22.3 Å². The van der Waals surface area contributed by atoms with Gasteiger partial charge in [0.15, 0.2) is 0 Å². The molecule has 0 spiro atoms. The fourth-order valence-corrected chi connectivity index (χ4v) is 2.08. The highest BCUT2D eigenvalue weighted by Crippen LogP contribution is 2.49. The van der Waals surface area contributed by atoms with Crippen molar-refractivity contribution in [1.82, 2.24) is 0 Å². The van der Waals surface area contributed by atoms with Gasteiger partial charge in [-0.1, -0.05) is 17.7 Å². The molecule has 0 aromatic heterocycles. The molecule has 0 heterocycles. The van der Waals surface area contributed by atoms with Gasteiger partial charge >= 0.3 is 0 Å². The number of halogens is 2. The monoisotopic (exact) mass is 275 g/mol. The zero-order chi connectivity index (χ0) is 10.2. The summed E-state index contributed by atoms with van der Waals surface area (Å²) in [6.07, 6.45) is 2.25. The maximum absolute atomic E-state index is 6.03. The van der Waals surface area contributed by atoms with E-state index in [0.29, 0.717) is 6.61 Å². The standard InChI is InChI=1S/C10H11BrClNO/c11-8-2-1-7(5-9(8)12)10(3-4-10)6-14-13/h1-2,5H,3-4,6,13H2. The summed E-state index contributed by atoms with van der Waals surface area (Å²) < 4.78 is 0.924. The van der Waals surface area contributed by atoms with Crippen LogP contribution < -0.4 is 5.90 Å². The maximum atomic E-state index is 6.03. The Hall–Kier alpha value is -0.0900. The molecule has 0 bridgehead atoms. The van der Waals surface area contributed by atoms with E-state index in [1.807, 2.05) is 12.1 Å². The van der Waals surface area contributed by atoms with Crippen molar-refractivity contribution in [3.05, 3.63) is 33.3 Å². The van der Waals surface area contributed by atoms with Crippen LogP contribution in [0, 0.1) is 0 Å². The predicted molar refractivity (Wildman–Crippen MR) is 60.2 cm³/mol. The van der Waals surface area contributed by atoms with E-state index in [0.717, 1.165) is 22.3 Å². The summed E-state index contributed by atoms with van der Waals surface area (Å²) in [7, 11) is 0. The molecule has 76 valence electrons. The summed E-state index contributed by atoms with van der Waals surface area (Å²) >= 11 is 9.40. The van der Waals surface area contributed by atoms with Gasteiger partial charge in [-0.3, -0.25) is 0 Å². The quantitative estimate of drug-likeness (QED) is 0.861. The van der Waals surface area contributed by atoms with Crippen LogP contribution in [0.5, 0.6) is 0 Å². The Kier molecular flexibility index (Phi) is 2.84. The molecular weight excluding hydrogens is 265 g/mol. The normalized spacial score (nSPS) is 18.2. The van der Waals surface area contributed by atoms with Gasteiger partial charge < -0.3 is 4.84 Å². The summed E-state index contributed by atoms with van der Waals surface area (Å²) in [4.78, 5) is 4.74. The summed E-state index contributed by atoms with van der Waals surface area (Å²) in [6.45, 7) is 0.574. The highest BCUT2D eigenvalue weighted by atomic mass is 79.9. The van der Waals surface area contributed by atoms with E-state index >= 15 is 0 Å². The summed E-state index contributed by atoms with van der Waals surface area (Å²) in [5.41, 5.74) is 1.34. The first-order valence-electron chi connectivity index (χ1n) is 4.45. The van der Waals surface area contributed by atoms with Crippen LogP contribution in [0.4, 0.5) is 0 Å². The van der Waals surface area contributed by atoms with Crippen LogP contribution in [0.2, 0.25) is 5.02 Å². The van der Waals surface area contributed by atoms with Gasteiger partial charge in [0.05, 0.1) is 11.6 Å². The Balaban J connectivity index is 2.28. The number of hydrogen-bond acceptors (Lipinski definition) is 2. The van der Waals surface area contributed by atoms with E-state index in [9.17, 15) is 0 Å². The highest BCUT2D eigenvalue weighted by molar-refractivity contribution is 9.10. The van der Waals surface area contributed by atoms with Gasteiger partial charge in [-0.15, -0.1) is 0 Å². The molecule has 2 nitrogen and oxygen atoms in total. The number of hydrogen-bond donors (Lipinski definition) is 1. The molecule has 2 rings (SSSR count). The Morgan fingerprint density at radius 3 is 2.71 bits per heavy atom. The molecule has 0 aliphatic heterocycles. The summed E-state index contributed by atoms with van der Waals surface area (Å²) in [6, 6.07) is 6.02. The zero-order valence-electron chi connectivity index (χ0n) is 7.59. The van der Waals surface area contributed by atoms with E-state index in [1.54, 1.807) is 0 Å². The molecule has 0 radical (unpaired) electrons. The van der Waals surface area contributed by atoms with Crippen LogP contribution >= 0.6 is 27.5 Å². The third kappa shape index (κ3) is 1.82. The molecule has 2 N–H and O–H groups in total. The highest BCUT2D eigenvalue weighted by Gasteiger charge is 2.44. The van der Waals surface area contributed by atoms with E-state index in [2.05, 4.69) is 22.0 Å². The minimum Gasteiger partial charge on any atom is -0.304 e. The van der Waals surface area contributed by atoms with Gasteiger partial charge in [-0.2, -0.15) is 0 Å². The molecule has 1 saturated carbocycles. The average Bonchev–Trinajstić information content (AvgIpc) is 2.91. The Labute approximate surface area is 96.5 Å². The first-order chi connectivity index (χ1) is 6.68. The molecule has 1 aliphatic rings. The fourth-order valence-electron chi connectivity index (χ4n) is 1.65. The predicted octanol–water partition coefficient (Wildman–Crippen LogP) is 3.02. The molecule has 0 saturated heterocycles. The molecule has 4 heteroatoms. The molecule has 1 fully saturated rings. The van der Waals surface area contributed by atoms with Crippen LogP contribution in [0.15, 0.2) is 22.7 Å². The van der Waals surface area contributed by atoms with Gasteiger partial charge in [0, 0.05) is 9.89 Å². The van der Waals surface area contributed by atoms with Crippen molar-refractivity contribution in [2.24, 2.45) is 5.90 Å². The minimum atomic E-state index is 0.124. The smallest absolute Gasteiger partial charge is 0.0775 e. The van der Waals surface area contributed by atoms with Crippen molar-refractivity contribution in [3.63, 3.8) is 0 Å². The molecule has 0 amide bonds. The second kappa shape index (κ2) is 3.81. The maximum Gasteiger partial charge on any atom is 0.0775 e.